The number of hydrogen-bond donors (Lipinski definition) is 0. The molecule has 1 aliphatic rings. The summed E-state index contributed by atoms with van der Waals surface area (Å²) in [7, 11) is 0. The van der Waals surface area contributed by atoms with Gasteiger partial charge in [0.05, 0.1) is 5.56 Å². The van der Waals surface area contributed by atoms with Crippen molar-refractivity contribution < 1.29 is 13.6 Å². The van der Waals surface area contributed by atoms with Crippen LogP contribution in [0.2, 0.25) is 0 Å². The molecule has 14 heavy (non-hydrogen) atoms. The molecule has 1 unspecified atom stereocenters. The molecule has 0 aliphatic heterocycles. The zero-order valence-electron chi connectivity index (χ0n) is 7.81. The Morgan fingerprint density at radius 2 is 1.93 bits per heavy atom. The highest BCUT2D eigenvalue weighted by molar-refractivity contribution is 6.00. The van der Waals surface area contributed by atoms with Crippen molar-refractivity contribution in [1.29, 1.82) is 0 Å². The molecular weight excluding hydrogens is 186 g/mol. The van der Waals surface area contributed by atoms with Gasteiger partial charge in [-0.25, -0.2) is 8.78 Å². The largest absolute Gasteiger partial charge is 0.294 e. The SMILES string of the molecule is CC1CCc2c(F)ccc(F)c2C1=O. The molecule has 2 rings (SSSR count). The van der Waals surface area contributed by atoms with Crippen LogP contribution < -0.4 is 0 Å². The minimum absolute atomic E-state index is 0.0382. The molecule has 1 aromatic carbocycles. The second-order valence-electron chi connectivity index (χ2n) is 3.69. The number of carbonyl (C=O) groups excluding carboxylic acids is 1. The molecule has 74 valence electrons. The number of carbonyl (C=O) groups is 1. The molecule has 0 bridgehead atoms. The molecule has 1 aliphatic carbocycles. The van der Waals surface area contributed by atoms with Gasteiger partial charge in [0.1, 0.15) is 11.6 Å². The van der Waals surface area contributed by atoms with E-state index in [2.05, 4.69) is 0 Å². The molecule has 1 nitrogen and oxygen atoms in total. The molecule has 0 heterocycles. The maximum absolute atomic E-state index is 13.3. The first-order valence-electron chi connectivity index (χ1n) is 4.62. The van der Waals surface area contributed by atoms with E-state index in [4.69, 9.17) is 0 Å². The molecule has 1 aromatic rings. The molecular formula is C11H10F2O. The van der Waals surface area contributed by atoms with Crippen LogP contribution in [0.4, 0.5) is 8.78 Å². The monoisotopic (exact) mass is 196 g/mol. The van der Waals surface area contributed by atoms with E-state index in [1.807, 2.05) is 0 Å². The van der Waals surface area contributed by atoms with Crippen LogP contribution in [0.5, 0.6) is 0 Å². The van der Waals surface area contributed by atoms with Gasteiger partial charge >= 0.3 is 0 Å². The second kappa shape index (κ2) is 3.15. The summed E-state index contributed by atoms with van der Waals surface area (Å²) in [5.74, 6) is -1.54. The van der Waals surface area contributed by atoms with E-state index in [-0.39, 0.29) is 22.8 Å². The number of benzene rings is 1. The molecule has 1 atom stereocenters. The zero-order chi connectivity index (χ0) is 10.3. The summed E-state index contributed by atoms with van der Waals surface area (Å²) in [6, 6.07) is 2.10. The van der Waals surface area contributed by atoms with E-state index >= 15 is 0 Å². The van der Waals surface area contributed by atoms with Crippen molar-refractivity contribution >= 4 is 5.78 Å². The maximum Gasteiger partial charge on any atom is 0.169 e. The highest BCUT2D eigenvalue weighted by atomic mass is 19.1. The van der Waals surface area contributed by atoms with Crippen LogP contribution >= 0.6 is 0 Å². The molecule has 0 N–H and O–H groups in total. The van der Waals surface area contributed by atoms with Crippen molar-refractivity contribution in [3.05, 3.63) is 34.9 Å². The van der Waals surface area contributed by atoms with E-state index in [0.29, 0.717) is 12.8 Å². The van der Waals surface area contributed by atoms with Gasteiger partial charge in [-0.3, -0.25) is 4.79 Å². The predicted molar refractivity (Wildman–Crippen MR) is 48.2 cm³/mol. The summed E-state index contributed by atoms with van der Waals surface area (Å²) < 4.78 is 26.5. The third kappa shape index (κ3) is 1.24. The van der Waals surface area contributed by atoms with Gasteiger partial charge in [-0.2, -0.15) is 0 Å². The molecule has 0 amide bonds. The average Bonchev–Trinajstić information content (AvgIpc) is 2.16. The fraction of sp³-hybridized carbons (Fsp3) is 0.364. The van der Waals surface area contributed by atoms with Crippen LogP contribution in [0.25, 0.3) is 0 Å². The van der Waals surface area contributed by atoms with Gasteiger partial charge in [-0.05, 0) is 25.0 Å². The standard InChI is InChI=1S/C11H10F2O/c1-6-2-3-7-8(12)4-5-9(13)10(7)11(6)14/h4-6H,2-3H2,1H3. The van der Waals surface area contributed by atoms with Crippen LogP contribution in [0.15, 0.2) is 12.1 Å². The van der Waals surface area contributed by atoms with E-state index < -0.39 is 11.6 Å². The lowest BCUT2D eigenvalue weighted by atomic mass is 9.83. The van der Waals surface area contributed by atoms with Gasteiger partial charge in [-0.1, -0.05) is 6.92 Å². The summed E-state index contributed by atoms with van der Waals surface area (Å²) in [5.41, 5.74) is 0.205. The first kappa shape index (κ1) is 9.31. The zero-order valence-corrected chi connectivity index (χ0v) is 7.81. The number of Topliss-reactive ketones (excluding diaryl/α,β-unsaturated/α-hetero) is 1. The van der Waals surface area contributed by atoms with E-state index in [0.717, 1.165) is 12.1 Å². The summed E-state index contributed by atoms with van der Waals surface area (Å²) in [4.78, 5) is 11.6. The average molecular weight is 196 g/mol. The summed E-state index contributed by atoms with van der Waals surface area (Å²) in [6.45, 7) is 1.75. The van der Waals surface area contributed by atoms with E-state index in [9.17, 15) is 13.6 Å². The van der Waals surface area contributed by atoms with Crippen LogP contribution in [0.1, 0.15) is 29.3 Å². The van der Waals surface area contributed by atoms with Crippen LogP contribution in [-0.4, -0.2) is 5.78 Å². The molecule has 3 heteroatoms. The highest BCUT2D eigenvalue weighted by Gasteiger charge is 2.28. The Bertz CT molecular complexity index is 399. The summed E-state index contributed by atoms with van der Waals surface area (Å²) >= 11 is 0. The molecule has 0 fully saturated rings. The Labute approximate surface area is 80.7 Å². The molecule has 0 radical (unpaired) electrons. The lowest BCUT2D eigenvalue weighted by molar-refractivity contribution is 0.0907. The first-order valence-corrected chi connectivity index (χ1v) is 4.62. The van der Waals surface area contributed by atoms with Crippen molar-refractivity contribution in [2.75, 3.05) is 0 Å². The van der Waals surface area contributed by atoms with Crippen molar-refractivity contribution in [1.82, 2.24) is 0 Å². The number of halogens is 2. The lowest BCUT2D eigenvalue weighted by Crippen LogP contribution is -2.22. The highest BCUT2D eigenvalue weighted by Crippen LogP contribution is 2.29. The predicted octanol–water partition coefficient (Wildman–Crippen LogP) is 2.73. The van der Waals surface area contributed by atoms with Crippen LogP contribution in [0, 0.1) is 17.6 Å². The van der Waals surface area contributed by atoms with Crippen molar-refractivity contribution in [2.24, 2.45) is 5.92 Å². The quantitative estimate of drug-likeness (QED) is 0.623. The smallest absolute Gasteiger partial charge is 0.169 e. The van der Waals surface area contributed by atoms with Gasteiger partial charge in [0, 0.05) is 11.5 Å². The number of hydrogen-bond acceptors (Lipinski definition) is 1. The van der Waals surface area contributed by atoms with E-state index in [1.54, 1.807) is 6.92 Å². The Hall–Kier alpha value is -1.25. The summed E-state index contributed by atoms with van der Waals surface area (Å²) in [6.07, 6.45) is 1.05. The summed E-state index contributed by atoms with van der Waals surface area (Å²) in [5, 5.41) is 0. The van der Waals surface area contributed by atoms with Crippen LogP contribution in [-0.2, 0) is 6.42 Å². The minimum Gasteiger partial charge on any atom is -0.294 e. The Morgan fingerprint density at radius 3 is 2.64 bits per heavy atom. The third-order valence-electron chi connectivity index (χ3n) is 2.73. The van der Waals surface area contributed by atoms with Gasteiger partial charge in [0.25, 0.3) is 0 Å². The number of ketones is 1. The maximum atomic E-state index is 13.3. The first-order chi connectivity index (χ1) is 6.61. The van der Waals surface area contributed by atoms with Gasteiger partial charge in [-0.15, -0.1) is 0 Å². The molecule has 0 saturated heterocycles. The van der Waals surface area contributed by atoms with Gasteiger partial charge in [0.15, 0.2) is 5.78 Å². The topological polar surface area (TPSA) is 17.1 Å². The molecule has 0 spiro atoms. The Morgan fingerprint density at radius 1 is 1.29 bits per heavy atom. The Balaban J connectivity index is 2.64. The fourth-order valence-corrected chi connectivity index (χ4v) is 1.84. The lowest BCUT2D eigenvalue weighted by Gasteiger charge is -2.20. The second-order valence-corrected chi connectivity index (χ2v) is 3.69. The van der Waals surface area contributed by atoms with Crippen molar-refractivity contribution in [3.8, 4) is 0 Å². The number of fused-ring (bicyclic) bond motifs is 1. The Kier molecular flexibility index (Phi) is 2.10. The van der Waals surface area contributed by atoms with Crippen LogP contribution in [0.3, 0.4) is 0 Å². The third-order valence-corrected chi connectivity index (χ3v) is 2.73. The van der Waals surface area contributed by atoms with Crippen molar-refractivity contribution in [2.45, 2.75) is 19.8 Å². The fourth-order valence-electron chi connectivity index (χ4n) is 1.84. The van der Waals surface area contributed by atoms with Gasteiger partial charge < -0.3 is 0 Å². The van der Waals surface area contributed by atoms with E-state index in [1.165, 1.54) is 0 Å². The molecule has 0 saturated carbocycles. The van der Waals surface area contributed by atoms with Crippen molar-refractivity contribution in [3.63, 3.8) is 0 Å². The van der Waals surface area contributed by atoms with Gasteiger partial charge in [0.2, 0.25) is 0 Å². The molecule has 0 aromatic heterocycles. The minimum atomic E-state index is -0.599. The number of rotatable bonds is 0. The normalized spacial score (nSPS) is 20.8.